The Hall–Kier alpha value is -0.180. The number of nitrogens with zero attached hydrogens (tertiary/aromatic N) is 2. The number of halogens is 2. The van der Waals surface area contributed by atoms with Crippen molar-refractivity contribution in [2.45, 2.75) is 123 Å². The summed E-state index contributed by atoms with van der Waals surface area (Å²) in [5.41, 5.74) is 6.30. The molecule has 212 valence electrons. The minimum absolute atomic E-state index is 0. The number of nitrogens with one attached hydrogen (secondary N) is 2. The van der Waals surface area contributed by atoms with Crippen LogP contribution in [-0.2, 0) is 9.59 Å². The van der Waals surface area contributed by atoms with Gasteiger partial charge in [0.1, 0.15) is 13.1 Å². The molecule has 0 heterocycles. The quantitative estimate of drug-likeness (QED) is 0.0997. The summed E-state index contributed by atoms with van der Waals surface area (Å²) in [6, 6.07) is 0. The highest BCUT2D eigenvalue weighted by atomic mass is 79.9. The van der Waals surface area contributed by atoms with E-state index in [1.165, 1.54) is 64.2 Å². The van der Waals surface area contributed by atoms with Gasteiger partial charge in [-0.05, 0) is 12.8 Å². The summed E-state index contributed by atoms with van der Waals surface area (Å²) in [6.45, 7) is 6.16. The average molecular weight is 631 g/mol. The first-order chi connectivity index (χ1) is 15.6. The van der Waals surface area contributed by atoms with Crippen LogP contribution in [0.1, 0.15) is 123 Å². The van der Waals surface area contributed by atoms with E-state index in [1.54, 1.807) is 0 Å². The number of rotatable bonds is 22. The molecule has 6 nitrogen and oxygen atoms in total. The molecule has 8 heteroatoms. The fourth-order valence-electron chi connectivity index (χ4n) is 4.25. The molecule has 2 N–H and O–H groups in total. The van der Waals surface area contributed by atoms with E-state index in [0.717, 1.165) is 45.2 Å². The summed E-state index contributed by atoms with van der Waals surface area (Å²) >= 11 is 0. The highest BCUT2D eigenvalue weighted by Crippen LogP contribution is 2.10. The number of amides is 2. The van der Waals surface area contributed by atoms with Crippen LogP contribution < -0.4 is 44.8 Å². The van der Waals surface area contributed by atoms with Gasteiger partial charge in [0.25, 0.3) is 11.8 Å². The number of carbonyl (C=O) groups is 2. The Morgan fingerprint density at radius 3 is 1.09 bits per heavy atom. The summed E-state index contributed by atoms with van der Waals surface area (Å²) in [5.74, 6) is 0.288. The standard InChI is InChI=1S/C27H56N4O2.2BrH/c1-7-9-11-13-15-17-19-22-26(32)28-30(3,4)24-21-25-31(5,6)29-27(33)23-20-18-16-14-12-10-8-2;;/h7-25H2,1-6H3;2*1H. The number of quaternary nitrogens is 2. The van der Waals surface area contributed by atoms with Gasteiger partial charge in [-0.2, -0.15) is 0 Å². The maximum absolute atomic E-state index is 12.3. The third-order valence-electron chi connectivity index (χ3n) is 6.30. The number of carbonyl (C=O) groups excluding carboxylic acids is 2. The second-order valence-corrected chi connectivity index (χ2v) is 11.0. The van der Waals surface area contributed by atoms with Gasteiger partial charge in [0.2, 0.25) is 0 Å². The topological polar surface area (TPSA) is 58.2 Å². The van der Waals surface area contributed by atoms with E-state index < -0.39 is 0 Å². The van der Waals surface area contributed by atoms with Crippen molar-refractivity contribution in [2.75, 3.05) is 41.3 Å². The minimum atomic E-state index is 0. The van der Waals surface area contributed by atoms with E-state index in [1.807, 2.05) is 28.2 Å². The number of unbranched alkanes of at least 4 members (excludes halogenated alkanes) is 12. The van der Waals surface area contributed by atoms with Gasteiger partial charge in [0, 0.05) is 12.8 Å². The second kappa shape index (κ2) is 24.2. The van der Waals surface area contributed by atoms with Crippen LogP contribution >= 0.6 is 0 Å². The predicted octanol–water partition coefficient (Wildman–Crippen LogP) is -0.119. The molecule has 0 aromatic rings. The first-order valence-electron chi connectivity index (χ1n) is 13.9. The monoisotopic (exact) mass is 628 g/mol. The number of hydrogen-bond donors (Lipinski definition) is 2. The summed E-state index contributed by atoms with van der Waals surface area (Å²) in [5, 5.41) is 0. The van der Waals surface area contributed by atoms with Crippen LogP contribution in [0.15, 0.2) is 0 Å². The fourth-order valence-corrected chi connectivity index (χ4v) is 4.25. The van der Waals surface area contributed by atoms with Crippen LogP contribution in [-0.4, -0.2) is 62.3 Å². The third-order valence-corrected chi connectivity index (χ3v) is 6.30. The van der Waals surface area contributed by atoms with Crippen LogP contribution in [0, 0.1) is 0 Å². The molecule has 0 aromatic carbocycles. The van der Waals surface area contributed by atoms with Gasteiger partial charge in [0.15, 0.2) is 0 Å². The molecule has 35 heavy (non-hydrogen) atoms. The fraction of sp³-hybridized carbons (Fsp3) is 0.926. The molecule has 0 fully saturated rings. The summed E-state index contributed by atoms with van der Waals surface area (Å²) < 4.78 is 0.975. The molecule has 0 aromatic heterocycles. The first kappa shape index (κ1) is 39.3. The van der Waals surface area contributed by atoms with Crippen molar-refractivity contribution < 1.29 is 52.7 Å². The molecule has 0 saturated heterocycles. The molecular formula is C27H58Br2N4O2. The molecule has 0 rings (SSSR count). The molecule has 0 aliphatic carbocycles. The Kier molecular flexibility index (Phi) is 27.2. The molecule has 0 saturated carbocycles. The highest BCUT2D eigenvalue weighted by Gasteiger charge is 2.23. The van der Waals surface area contributed by atoms with E-state index >= 15 is 0 Å². The van der Waals surface area contributed by atoms with Crippen molar-refractivity contribution in [3.63, 3.8) is 0 Å². The van der Waals surface area contributed by atoms with Crippen LogP contribution in [0.25, 0.3) is 0 Å². The SMILES string of the molecule is CCCCCCCCCC(=O)N[N+](C)(C)CCC[N+](C)(C)NC(=O)CCCCCCCCC.[Br-].[Br-]. The average Bonchev–Trinajstić information content (AvgIpc) is 2.71. The Morgan fingerprint density at radius 1 is 0.486 bits per heavy atom. The molecular weight excluding hydrogens is 572 g/mol. The van der Waals surface area contributed by atoms with Gasteiger partial charge in [-0.15, -0.1) is 0 Å². The Balaban J connectivity index is -0.00000512. The zero-order chi connectivity index (χ0) is 25.0. The summed E-state index contributed by atoms with van der Waals surface area (Å²) in [4.78, 5) is 24.6. The number of hydrogen-bond acceptors (Lipinski definition) is 2. The predicted molar refractivity (Wildman–Crippen MR) is 140 cm³/mol. The Labute approximate surface area is 239 Å². The molecule has 0 aliphatic heterocycles. The van der Waals surface area contributed by atoms with E-state index in [9.17, 15) is 9.59 Å². The van der Waals surface area contributed by atoms with Gasteiger partial charge in [-0.3, -0.25) is 9.59 Å². The molecule has 0 spiro atoms. The smallest absolute Gasteiger partial charge is 0.264 e. The van der Waals surface area contributed by atoms with E-state index in [0.29, 0.717) is 22.0 Å². The summed E-state index contributed by atoms with van der Waals surface area (Å²) in [6.07, 6.45) is 19.3. The molecule has 0 bridgehead atoms. The maximum Gasteiger partial charge on any atom is 0.264 e. The first-order valence-corrected chi connectivity index (χ1v) is 13.9. The lowest BCUT2D eigenvalue weighted by atomic mass is 10.1. The molecule has 0 aliphatic rings. The van der Waals surface area contributed by atoms with Gasteiger partial charge < -0.3 is 34.0 Å². The lowest BCUT2D eigenvalue weighted by Gasteiger charge is -2.32. The van der Waals surface area contributed by atoms with Crippen LogP contribution in [0.3, 0.4) is 0 Å². The highest BCUT2D eigenvalue weighted by molar-refractivity contribution is 5.74. The Bertz CT molecular complexity index is 473. The van der Waals surface area contributed by atoms with E-state index in [4.69, 9.17) is 0 Å². The Morgan fingerprint density at radius 2 is 0.771 bits per heavy atom. The van der Waals surface area contributed by atoms with Gasteiger partial charge in [-0.25, -0.2) is 20.0 Å². The van der Waals surface area contributed by atoms with Gasteiger partial charge in [0.05, 0.1) is 34.6 Å². The lowest BCUT2D eigenvalue weighted by Crippen LogP contribution is -3.00. The summed E-state index contributed by atoms with van der Waals surface area (Å²) in [7, 11) is 8.17. The lowest BCUT2D eigenvalue weighted by molar-refractivity contribution is -0.943. The largest absolute Gasteiger partial charge is 1.00 e. The van der Waals surface area contributed by atoms with Crippen molar-refractivity contribution in [3.05, 3.63) is 0 Å². The van der Waals surface area contributed by atoms with Crippen molar-refractivity contribution >= 4 is 11.8 Å². The van der Waals surface area contributed by atoms with Crippen molar-refractivity contribution in [3.8, 4) is 0 Å². The maximum atomic E-state index is 12.3. The van der Waals surface area contributed by atoms with Gasteiger partial charge in [-0.1, -0.05) is 90.9 Å². The van der Waals surface area contributed by atoms with Crippen LogP contribution in [0.4, 0.5) is 0 Å². The molecule has 0 atom stereocenters. The second-order valence-electron chi connectivity index (χ2n) is 11.0. The van der Waals surface area contributed by atoms with E-state index in [-0.39, 0.29) is 45.8 Å². The minimum Gasteiger partial charge on any atom is -1.00 e. The third kappa shape index (κ3) is 26.7. The normalized spacial score (nSPS) is 11.4. The van der Waals surface area contributed by atoms with E-state index in [2.05, 4.69) is 24.7 Å². The van der Waals surface area contributed by atoms with Crippen molar-refractivity contribution in [1.29, 1.82) is 0 Å². The molecule has 2 amide bonds. The van der Waals surface area contributed by atoms with Crippen molar-refractivity contribution in [2.24, 2.45) is 0 Å². The molecule has 0 unspecified atom stereocenters. The van der Waals surface area contributed by atoms with Crippen molar-refractivity contribution in [1.82, 2.24) is 10.9 Å². The zero-order valence-electron chi connectivity index (χ0n) is 23.9. The van der Waals surface area contributed by atoms with Crippen LogP contribution in [0.5, 0.6) is 0 Å². The molecule has 0 radical (unpaired) electrons. The zero-order valence-corrected chi connectivity index (χ0v) is 27.1. The van der Waals surface area contributed by atoms with Crippen LogP contribution in [0.2, 0.25) is 0 Å². The van der Waals surface area contributed by atoms with Gasteiger partial charge >= 0.3 is 0 Å².